The number of hydrogen-bond donors (Lipinski definition) is 1. The Kier molecular flexibility index (Phi) is 5.55. The Morgan fingerprint density at radius 2 is 2.08 bits per heavy atom. The van der Waals surface area contributed by atoms with Crippen LogP contribution in [0.5, 0.6) is 5.75 Å². The summed E-state index contributed by atoms with van der Waals surface area (Å²) in [5, 5.41) is 7.37. The number of nitrogens with zero attached hydrogens (tertiary/aromatic N) is 2. The molecule has 4 nitrogen and oxygen atoms in total. The summed E-state index contributed by atoms with van der Waals surface area (Å²) >= 11 is 0. The van der Waals surface area contributed by atoms with Gasteiger partial charge >= 0.3 is 6.18 Å². The van der Waals surface area contributed by atoms with E-state index in [0.717, 1.165) is 37.0 Å². The van der Waals surface area contributed by atoms with Gasteiger partial charge in [-0.1, -0.05) is 12.1 Å². The monoisotopic (exact) mass is 367 g/mol. The van der Waals surface area contributed by atoms with Crippen LogP contribution >= 0.6 is 0 Å². The summed E-state index contributed by atoms with van der Waals surface area (Å²) in [4.78, 5) is 2.43. The van der Waals surface area contributed by atoms with Gasteiger partial charge in [-0.3, -0.25) is 5.10 Å². The van der Waals surface area contributed by atoms with Gasteiger partial charge in [0.2, 0.25) is 0 Å². The average Bonchev–Trinajstić information content (AvgIpc) is 3.23. The van der Waals surface area contributed by atoms with E-state index in [0.29, 0.717) is 18.4 Å². The predicted octanol–water partition coefficient (Wildman–Crippen LogP) is 4.25. The largest absolute Gasteiger partial charge is 0.493 e. The van der Waals surface area contributed by atoms with Gasteiger partial charge in [-0.25, -0.2) is 0 Å². The maximum Gasteiger partial charge on any atom is 0.419 e. The van der Waals surface area contributed by atoms with Crippen molar-refractivity contribution in [1.29, 1.82) is 0 Å². The highest BCUT2D eigenvalue weighted by atomic mass is 19.4. The van der Waals surface area contributed by atoms with Crippen molar-refractivity contribution in [2.75, 3.05) is 19.7 Å². The molecule has 1 aromatic heterocycles. The molecule has 0 spiro atoms. The van der Waals surface area contributed by atoms with Crippen LogP contribution in [0, 0.1) is 0 Å². The molecule has 3 rings (SSSR count). The van der Waals surface area contributed by atoms with Crippen LogP contribution in [-0.4, -0.2) is 40.8 Å². The predicted molar refractivity (Wildman–Crippen MR) is 93.3 cm³/mol. The first-order valence-electron chi connectivity index (χ1n) is 8.92. The molecule has 0 aliphatic carbocycles. The maximum atomic E-state index is 13.0. The Balaban J connectivity index is 1.55. The molecule has 1 atom stereocenters. The van der Waals surface area contributed by atoms with E-state index < -0.39 is 11.7 Å². The number of para-hydroxylation sites is 1. The highest BCUT2D eigenvalue weighted by Crippen LogP contribution is 2.36. The number of rotatable bonds is 6. The number of likely N-dealkylation sites (tertiary alicyclic amines) is 1. The van der Waals surface area contributed by atoms with E-state index in [1.807, 2.05) is 6.07 Å². The Morgan fingerprint density at radius 1 is 1.31 bits per heavy atom. The lowest BCUT2D eigenvalue weighted by Gasteiger charge is -2.19. The zero-order chi connectivity index (χ0) is 18.7. The molecule has 26 heavy (non-hydrogen) atoms. The molecule has 0 amide bonds. The minimum atomic E-state index is -4.41. The first-order chi connectivity index (χ1) is 12.3. The van der Waals surface area contributed by atoms with E-state index in [1.165, 1.54) is 12.1 Å². The molecular formula is C19H24F3N3O. The average molecular weight is 367 g/mol. The molecule has 1 aliphatic heterocycles. The summed E-state index contributed by atoms with van der Waals surface area (Å²) in [6.45, 7) is 6.61. The van der Waals surface area contributed by atoms with Crippen LogP contribution < -0.4 is 4.74 Å². The number of aromatic amines is 1. The fourth-order valence-electron chi connectivity index (χ4n) is 3.31. The van der Waals surface area contributed by atoms with E-state index in [1.54, 1.807) is 6.07 Å². The standard InChI is InChI=1S/C19H24F3N3O/c1-13(2)25-9-7-14(12-25)17-11-15(23-24-17)8-10-26-18-6-4-3-5-16(18)19(20,21)22/h3-6,11,13-14H,7-10,12H2,1-2H3,(H,23,24). The fourth-order valence-corrected chi connectivity index (χ4v) is 3.31. The van der Waals surface area contributed by atoms with Gasteiger partial charge < -0.3 is 9.64 Å². The van der Waals surface area contributed by atoms with Crippen LogP contribution in [-0.2, 0) is 12.6 Å². The molecule has 1 aliphatic rings. The molecule has 1 unspecified atom stereocenters. The lowest BCUT2D eigenvalue weighted by molar-refractivity contribution is -0.138. The molecule has 0 saturated carbocycles. The van der Waals surface area contributed by atoms with Crippen LogP contribution in [0.25, 0.3) is 0 Å². The number of H-pyrrole nitrogens is 1. The topological polar surface area (TPSA) is 41.1 Å². The second kappa shape index (κ2) is 7.70. The highest BCUT2D eigenvalue weighted by Gasteiger charge is 2.34. The minimum absolute atomic E-state index is 0.136. The molecule has 142 valence electrons. The normalized spacial score (nSPS) is 18.6. The smallest absolute Gasteiger partial charge is 0.419 e. The summed E-state index contributed by atoms with van der Waals surface area (Å²) < 4.78 is 44.3. The van der Waals surface area contributed by atoms with E-state index >= 15 is 0 Å². The van der Waals surface area contributed by atoms with E-state index in [-0.39, 0.29) is 12.4 Å². The molecular weight excluding hydrogens is 343 g/mol. The molecule has 2 heterocycles. The number of ether oxygens (including phenoxy) is 1. The first-order valence-corrected chi connectivity index (χ1v) is 8.92. The number of benzene rings is 1. The SMILES string of the molecule is CC(C)N1CCC(c2cc(CCOc3ccccc3C(F)(F)F)[nH]n2)C1. The molecule has 0 bridgehead atoms. The quantitative estimate of drug-likeness (QED) is 0.830. The lowest BCUT2D eigenvalue weighted by Crippen LogP contribution is -2.27. The molecule has 1 aromatic carbocycles. The molecule has 2 aromatic rings. The van der Waals surface area contributed by atoms with Gasteiger partial charge in [-0.05, 0) is 45.0 Å². The second-order valence-electron chi connectivity index (χ2n) is 6.98. The summed E-state index contributed by atoms with van der Waals surface area (Å²) in [6.07, 6.45) is -2.85. The maximum absolute atomic E-state index is 13.0. The molecule has 7 heteroatoms. The lowest BCUT2D eigenvalue weighted by atomic mass is 10.0. The van der Waals surface area contributed by atoms with Crippen molar-refractivity contribution in [3.8, 4) is 5.75 Å². The number of nitrogens with one attached hydrogen (secondary N) is 1. The third-order valence-corrected chi connectivity index (χ3v) is 4.84. The van der Waals surface area contributed by atoms with Crippen molar-refractivity contribution in [2.24, 2.45) is 0 Å². The van der Waals surface area contributed by atoms with Crippen molar-refractivity contribution in [1.82, 2.24) is 15.1 Å². The van der Waals surface area contributed by atoms with Gasteiger partial charge in [0, 0.05) is 30.6 Å². The number of halogens is 3. The Morgan fingerprint density at radius 3 is 2.77 bits per heavy atom. The molecule has 1 N–H and O–H groups in total. The summed E-state index contributed by atoms with van der Waals surface area (Å²) in [5.41, 5.74) is 1.16. The first kappa shape index (κ1) is 18.8. The van der Waals surface area contributed by atoms with Gasteiger partial charge in [-0.15, -0.1) is 0 Å². The fraction of sp³-hybridized carbons (Fsp3) is 0.526. The summed E-state index contributed by atoms with van der Waals surface area (Å²) in [5.74, 6) is 0.275. The number of hydrogen-bond acceptors (Lipinski definition) is 3. The van der Waals surface area contributed by atoms with Crippen molar-refractivity contribution in [3.63, 3.8) is 0 Å². The number of aromatic nitrogens is 2. The van der Waals surface area contributed by atoms with Crippen LogP contribution in [0.15, 0.2) is 30.3 Å². The summed E-state index contributed by atoms with van der Waals surface area (Å²) in [7, 11) is 0. The Labute approximate surface area is 151 Å². The van der Waals surface area contributed by atoms with Gasteiger partial charge in [0.05, 0.1) is 17.9 Å². The molecule has 0 radical (unpaired) electrons. The van der Waals surface area contributed by atoms with Gasteiger partial charge in [-0.2, -0.15) is 18.3 Å². The Hall–Kier alpha value is -2.02. The van der Waals surface area contributed by atoms with Crippen molar-refractivity contribution in [3.05, 3.63) is 47.3 Å². The zero-order valence-electron chi connectivity index (χ0n) is 15.0. The van der Waals surface area contributed by atoms with Crippen molar-refractivity contribution in [2.45, 2.75) is 44.8 Å². The van der Waals surface area contributed by atoms with E-state index in [2.05, 4.69) is 28.9 Å². The van der Waals surface area contributed by atoms with Gasteiger partial charge in [0.25, 0.3) is 0 Å². The van der Waals surface area contributed by atoms with Crippen LogP contribution in [0.4, 0.5) is 13.2 Å². The second-order valence-corrected chi connectivity index (χ2v) is 6.98. The van der Waals surface area contributed by atoms with E-state index in [4.69, 9.17) is 4.74 Å². The summed E-state index contributed by atoms with van der Waals surface area (Å²) in [6, 6.07) is 7.82. The van der Waals surface area contributed by atoms with Crippen molar-refractivity contribution < 1.29 is 17.9 Å². The van der Waals surface area contributed by atoms with Crippen molar-refractivity contribution >= 4 is 0 Å². The van der Waals surface area contributed by atoms with Crippen LogP contribution in [0.2, 0.25) is 0 Å². The van der Waals surface area contributed by atoms with Crippen LogP contribution in [0.3, 0.4) is 0 Å². The van der Waals surface area contributed by atoms with E-state index in [9.17, 15) is 13.2 Å². The molecule has 1 saturated heterocycles. The highest BCUT2D eigenvalue weighted by molar-refractivity contribution is 5.35. The van der Waals surface area contributed by atoms with Crippen LogP contribution in [0.1, 0.15) is 43.1 Å². The third kappa shape index (κ3) is 4.38. The third-order valence-electron chi connectivity index (χ3n) is 4.84. The minimum Gasteiger partial charge on any atom is -0.493 e. The van der Waals surface area contributed by atoms with Gasteiger partial charge in [0.15, 0.2) is 0 Å². The molecule has 1 fully saturated rings. The van der Waals surface area contributed by atoms with Gasteiger partial charge in [0.1, 0.15) is 5.75 Å². The number of alkyl halides is 3. The Bertz CT molecular complexity index is 727. The zero-order valence-corrected chi connectivity index (χ0v) is 15.0.